The molecule has 0 aromatic carbocycles. The zero-order chi connectivity index (χ0) is 18.7. The van der Waals surface area contributed by atoms with E-state index in [1.807, 2.05) is 4.90 Å². The molecule has 0 spiro atoms. The zero-order valence-electron chi connectivity index (χ0n) is 17.1. The molecule has 1 amide bonds. The molecule has 0 bridgehead atoms. The lowest BCUT2D eigenvalue weighted by Gasteiger charge is -2.39. The van der Waals surface area contributed by atoms with Crippen molar-refractivity contribution in [1.82, 2.24) is 20.0 Å². The van der Waals surface area contributed by atoms with Gasteiger partial charge in [-0.05, 0) is 44.4 Å². The third-order valence-corrected chi connectivity index (χ3v) is 6.45. The number of likely N-dealkylation sites (tertiary alicyclic amines) is 1. The molecule has 2 unspecified atom stereocenters. The maximum absolute atomic E-state index is 12.6. The smallest absolute Gasteiger partial charge is 0.239 e. The molecule has 1 aliphatic carbocycles. The highest BCUT2D eigenvalue weighted by Crippen LogP contribution is 2.51. The van der Waals surface area contributed by atoms with Crippen LogP contribution in [0, 0.1) is 11.3 Å². The van der Waals surface area contributed by atoms with Crippen molar-refractivity contribution in [3.8, 4) is 0 Å². The van der Waals surface area contributed by atoms with Crippen LogP contribution in [0.25, 0.3) is 0 Å². The number of nitrogens with zero attached hydrogens (tertiary/aromatic N) is 4. The minimum absolute atomic E-state index is 0.00189. The van der Waals surface area contributed by atoms with Crippen molar-refractivity contribution in [2.24, 2.45) is 16.3 Å². The molecular weight excluding hydrogens is 326 g/mol. The summed E-state index contributed by atoms with van der Waals surface area (Å²) in [7, 11) is 0. The van der Waals surface area contributed by atoms with Gasteiger partial charge in [-0.1, -0.05) is 13.8 Å². The molecule has 0 aromatic rings. The van der Waals surface area contributed by atoms with Crippen LogP contribution in [0.3, 0.4) is 0 Å². The molecule has 0 aromatic heterocycles. The van der Waals surface area contributed by atoms with E-state index in [2.05, 4.69) is 42.8 Å². The number of hydrogen-bond donors (Lipinski definition) is 1. The van der Waals surface area contributed by atoms with Gasteiger partial charge in [0.05, 0.1) is 6.04 Å². The molecule has 2 heterocycles. The lowest BCUT2D eigenvalue weighted by molar-refractivity contribution is -0.135. The van der Waals surface area contributed by atoms with E-state index in [0.717, 1.165) is 77.1 Å². The average molecular weight is 364 g/mol. The fraction of sp³-hybridized carbons (Fsp3) is 0.900. The maximum Gasteiger partial charge on any atom is 0.239 e. The second-order valence-corrected chi connectivity index (χ2v) is 8.82. The Morgan fingerprint density at radius 1 is 1.12 bits per heavy atom. The van der Waals surface area contributed by atoms with Crippen molar-refractivity contribution in [3.05, 3.63) is 0 Å². The second kappa shape index (κ2) is 8.15. The number of carbonyl (C=O) groups excluding carboxylic acids is 1. The average Bonchev–Trinajstić information content (AvgIpc) is 3.03. The summed E-state index contributed by atoms with van der Waals surface area (Å²) >= 11 is 0. The van der Waals surface area contributed by atoms with Gasteiger partial charge in [0.25, 0.3) is 0 Å². The predicted octanol–water partition coefficient (Wildman–Crippen LogP) is 1.63. The Hall–Kier alpha value is -1.30. The molecule has 6 heteroatoms. The fourth-order valence-corrected chi connectivity index (χ4v) is 4.19. The molecule has 2 aliphatic heterocycles. The lowest BCUT2D eigenvalue weighted by Crippen LogP contribution is -2.57. The van der Waals surface area contributed by atoms with E-state index in [9.17, 15) is 4.79 Å². The molecule has 1 saturated carbocycles. The van der Waals surface area contributed by atoms with Gasteiger partial charge in [-0.2, -0.15) is 0 Å². The lowest BCUT2D eigenvalue weighted by atomic mass is 10.1. The van der Waals surface area contributed by atoms with Crippen molar-refractivity contribution in [2.75, 3.05) is 52.4 Å². The monoisotopic (exact) mass is 363 g/mol. The van der Waals surface area contributed by atoms with Gasteiger partial charge >= 0.3 is 0 Å². The van der Waals surface area contributed by atoms with Gasteiger partial charge in [0.2, 0.25) is 5.91 Å². The van der Waals surface area contributed by atoms with Crippen molar-refractivity contribution in [3.63, 3.8) is 0 Å². The number of hydrogen-bond acceptors (Lipinski definition) is 3. The topological polar surface area (TPSA) is 51.2 Å². The highest BCUT2D eigenvalue weighted by molar-refractivity contribution is 5.82. The summed E-state index contributed by atoms with van der Waals surface area (Å²) in [5, 5.41) is 3.46. The van der Waals surface area contributed by atoms with Gasteiger partial charge in [-0.25, -0.2) is 0 Å². The van der Waals surface area contributed by atoms with Gasteiger partial charge in [0, 0.05) is 52.4 Å². The van der Waals surface area contributed by atoms with E-state index < -0.39 is 0 Å². The highest BCUT2D eigenvalue weighted by Gasteiger charge is 2.45. The first kappa shape index (κ1) is 19.5. The van der Waals surface area contributed by atoms with Gasteiger partial charge in [0.1, 0.15) is 0 Å². The van der Waals surface area contributed by atoms with Gasteiger partial charge in [-0.3, -0.25) is 14.7 Å². The van der Waals surface area contributed by atoms with E-state index in [4.69, 9.17) is 4.99 Å². The van der Waals surface area contributed by atoms with Crippen LogP contribution in [0.5, 0.6) is 0 Å². The predicted molar refractivity (Wildman–Crippen MR) is 106 cm³/mol. The second-order valence-electron chi connectivity index (χ2n) is 8.82. The Labute approximate surface area is 159 Å². The SMILES string of the molecule is CCNC(=NCC1CC1(C)C)N1CCN(C(C)C(=O)N2CCCC2)CC1. The third-order valence-electron chi connectivity index (χ3n) is 6.45. The van der Waals surface area contributed by atoms with Crippen molar-refractivity contribution < 1.29 is 4.79 Å². The van der Waals surface area contributed by atoms with Crippen LogP contribution in [-0.2, 0) is 4.79 Å². The zero-order valence-corrected chi connectivity index (χ0v) is 17.1. The number of guanidine groups is 1. The fourth-order valence-electron chi connectivity index (χ4n) is 4.19. The van der Waals surface area contributed by atoms with E-state index in [1.165, 1.54) is 6.42 Å². The van der Waals surface area contributed by atoms with Crippen LogP contribution < -0.4 is 5.32 Å². The summed E-state index contributed by atoms with van der Waals surface area (Å²) in [6, 6.07) is 0.00189. The molecule has 148 valence electrons. The standard InChI is InChI=1S/C20H37N5O/c1-5-21-19(22-15-17-14-20(17,3)4)25-12-10-23(11-13-25)16(2)18(26)24-8-6-7-9-24/h16-17H,5-15H2,1-4H3,(H,21,22). The minimum atomic E-state index is 0.00189. The summed E-state index contributed by atoms with van der Waals surface area (Å²) < 4.78 is 0. The summed E-state index contributed by atoms with van der Waals surface area (Å²) in [6.07, 6.45) is 3.61. The van der Waals surface area contributed by atoms with E-state index in [1.54, 1.807) is 0 Å². The summed E-state index contributed by atoms with van der Waals surface area (Å²) in [6.45, 7) is 16.3. The minimum Gasteiger partial charge on any atom is -0.357 e. The van der Waals surface area contributed by atoms with E-state index >= 15 is 0 Å². The molecule has 2 saturated heterocycles. The third kappa shape index (κ3) is 4.51. The molecule has 3 fully saturated rings. The summed E-state index contributed by atoms with van der Waals surface area (Å²) in [5.41, 5.74) is 0.477. The number of amides is 1. The number of carbonyl (C=O) groups is 1. The highest BCUT2D eigenvalue weighted by atomic mass is 16.2. The molecule has 6 nitrogen and oxygen atoms in total. The normalized spacial score (nSPS) is 27.5. The Kier molecular flexibility index (Phi) is 6.10. The first-order chi connectivity index (χ1) is 12.4. The van der Waals surface area contributed by atoms with Crippen molar-refractivity contribution in [1.29, 1.82) is 0 Å². The molecule has 3 rings (SSSR count). The van der Waals surface area contributed by atoms with E-state index in [-0.39, 0.29) is 6.04 Å². The summed E-state index contributed by atoms with van der Waals surface area (Å²) in [4.78, 5) is 24.3. The van der Waals surface area contributed by atoms with Crippen LogP contribution >= 0.6 is 0 Å². The first-order valence-electron chi connectivity index (χ1n) is 10.5. The maximum atomic E-state index is 12.6. The van der Waals surface area contributed by atoms with Gasteiger partial charge in [0.15, 0.2) is 5.96 Å². The van der Waals surface area contributed by atoms with Crippen LogP contribution in [0.2, 0.25) is 0 Å². The molecular formula is C20H37N5O. The largest absolute Gasteiger partial charge is 0.357 e. The summed E-state index contributed by atoms with van der Waals surface area (Å²) in [5.74, 6) is 2.09. The Bertz CT molecular complexity index is 518. The number of piperazine rings is 1. The number of rotatable bonds is 5. The van der Waals surface area contributed by atoms with Crippen molar-refractivity contribution in [2.45, 2.75) is 53.0 Å². The molecule has 2 atom stereocenters. The van der Waals surface area contributed by atoms with E-state index in [0.29, 0.717) is 11.3 Å². The number of aliphatic imine (C=N–C) groups is 1. The van der Waals surface area contributed by atoms with Crippen LogP contribution in [-0.4, -0.2) is 85.0 Å². The molecule has 1 N–H and O–H groups in total. The van der Waals surface area contributed by atoms with Gasteiger partial charge < -0.3 is 15.1 Å². The van der Waals surface area contributed by atoms with Gasteiger partial charge in [-0.15, -0.1) is 0 Å². The quantitative estimate of drug-likeness (QED) is 0.596. The van der Waals surface area contributed by atoms with Crippen LogP contribution in [0.1, 0.15) is 47.0 Å². The van der Waals surface area contributed by atoms with Crippen LogP contribution in [0.15, 0.2) is 4.99 Å². The molecule has 26 heavy (non-hydrogen) atoms. The number of nitrogens with one attached hydrogen (secondary N) is 1. The van der Waals surface area contributed by atoms with Crippen LogP contribution in [0.4, 0.5) is 0 Å². The Balaban J connectivity index is 1.50. The molecule has 3 aliphatic rings. The Morgan fingerprint density at radius 3 is 2.27 bits per heavy atom. The molecule has 0 radical (unpaired) electrons. The Morgan fingerprint density at radius 2 is 1.73 bits per heavy atom. The van der Waals surface area contributed by atoms with Crippen molar-refractivity contribution >= 4 is 11.9 Å². The first-order valence-corrected chi connectivity index (χ1v) is 10.5.